The molecule has 17 heavy (non-hydrogen) atoms. The molecule has 0 bridgehead atoms. The molecule has 0 aliphatic heterocycles. The summed E-state index contributed by atoms with van der Waals surface area (Å²) < 4.78 is 0. The maximum absolute atomic E-state index is 11.6. The second-order valence-electron chi connectivity index (χ2n) is 5.60. The van der Waals surface area contributed by atoms with E-state index in [0.29, 0.717) is 6.04 Å². The van der Waals surface area contributed by atoms with Gasteiger partial charge in [-0.3, -0.25) is 4.79 Å². The van der Waals surface area contributed by atoms with Gasteiger partial charge in [0.2, 0.25) is 5.91 Å². The maximum Gasteiger partial charge on any atom is 0.245 e. The summed E-state index contributed by atoms with van der Waals surface area (Å²) in [4.78, 5) is 13.5. The monoisotopic (exact) mass is 233 g/mol. The molecule has 2 nitrogen and oxygen atoms in total. The highest BCUT2D eigenvalue weighted by Gasteiger charge is 2.33. The number of hydrogen-bond acceptors (Lipinski definition) is 1. The minimum Gasteiger partial charge on any atom is -0.339 e. The zero-order chi connectivity index (χ0) is 12.4. The number of carbonyl (C=O) groups excluding carboxylic acids is 1. The summed E-state index contributed by atoms with van der Waals surface area (Å²) in [6.45, 7) is 5.81. The molecule has 0 radical (unpaired) electrons. The third-order valence-corrected chi connectivity index (χ3v) is 4.49. The van der Waals surface area contributed by atoms with Crippen molar-refractivity contribution in [1.82, 2.24) is 4.90 Å². The van der Waals surface area contributed by atoms with E-state index in [1.54, 1.807) is 5.57 Å². The lowest BCUT2D eigenvalue weighted by Gasteiger charge is -2.41. The van der Waals surface area contributed by atoms with Gasteiger partial charge < -0.3 is 4.90 Å². The Hall–Kier alpha value is -1.05. The molecule has 2 aliphatic rings. The van der Waals surface area contributed by atoms with Crippen molar-refractivity contribution in [1.29, 1.82) is 0 Å². The zero-order valence-electron chi connectivity index (χ0n) is 11.0. The third kappa shape index (κ3) is 2.62. The van der Waals surface area contributed by atoms with Crippen molar-refractivity contribution < 1.29 is 4.79 Å². The lowest BCUT2D eigenvalue weighted by atomic mass is 9.70. The predicted octanol–water partition coefficient (Wildman–Crippen LogP) is 3.16. The molecule has 1 fully saturated rings. The molecule has 0 heterocycles. The van der Waals surface area contributed by atoms with E-state index >= 15 is 0 Å². The predicted molar refractivity (Wildman–Crippen MR) is 70.6 cm³/mol. The van der Waals surface area contributed by atoms with Crippen molar-refractivity contribution >= 4 is 5.91 Å². The Balaban J connectivity index is 1.99. The van der Waals surface area contributed by atoms with E-state index in [1.165, 1.54) is 31.8 Å². The minimum absolute atomic E-state index is 0.0657. The number of carbonyl (C=O) groups is 1. The van der Waals surface area contributed by atoms with Crippen LogP contribution in [0.5, 0.6) is 0 Å². The van der Waals surface area contributed by atoms with Crippen LogP contribution in [0.25, 0.3) is 0 Å². The van der Waals surface area contributed by atoms with E-state index in [2.05, 4.69) is 19.6 Å². The fraction of sp³-hybridized carbons (Fsp3) is 0.667. The first-order valence-electron chi connectivity index (χ1n) is 6.68. The maximum atomic E-state index is 11.6. The molecule has 2 aliphatic carbocycles. The summed E-state index contributed by atoms with van der Waals surface area (Å²) in [7, 11) is 1.92. The topological polar surface area (TPSA) is 20.3 Å². The molecule has 0 aromatic heterocycles. The Morgan fingerprint density at radius 3 is 2.94 bits per heavy atom. The number of amides is 1. The van der Waals surface area contributed by atoms with Gasteiger partial charge in [-0.25, -0.2) is 0 Å². The molecule has 0 spiro atoms. The lowest BCUT2D eigenvalue weighted by Crippen LogP contribution is -2.41. The molecule has 94 valence electrons. The summed E-state index contributed by atoms with van der Waals surface area (Å²) in [6.07, 6.45) is 10.00. The summed E-state index contributed by atoms with van der Waals surface area (Å²) in [5.41, 5.74) is 1.56. The highest BCUT2D eigenvalue weighted by Crippen LogP contribution is 2.40. The van der Waals surface area contributed by atoms with E-state index in [0.717, 1.165) is 18.3 Å². The van der Waals surface area contributed by atoms with Crippen LogP contribution in [0.1, 0.15) is 39.0 Å². The summed E-state index contributed by atoms with van der Waals surface area (Å²) in [5.74, 6) is 1.63. The van der Waals surface area contributed by atoms with Gasteiger partial charge >= 0.3 is 0 Å². The first kappa shape index (κ1) is 12.4. The Labute approximate surface area is 104 Å². The van der Waals surface area contributed by atoms with Gasteiger partial charge in [0.25, 0.3) is 0 Å². The van der Waals surface area contributed by atoms with E-state index in [-0.39, 0.29) is 5.91 Å². The Morgan fingerprint density at radius 2 is 2.24 bits per heavy atom. The molecule has 0 N–H and O–H groups in total. The molecular formula is C15H23NO. The first-order valence-corrected chi connectivity index (χ1v) is 6.68. The van der Waals surface area contributed by atoms with Crippen molar-refractivity contribution in [2.45, 2.75) is 45.1 Å². The Kier molecular flexibility index (Phi) is 3.70. The molecule has 2 rings (SSSR count). The van der Waals surface area contributed by atoms with Gasteiger partial charge in [0.05, 0.1) is 0 Å². The fourth-order valence-electron chi connectivity index (χ4n) is 3.35. The van der Waals surface area contributed by atoms with Crippen LogP contribution in [-0.4, -0.2) is 23.9 Å². The van der Waals surface area contributed by atoms with Crippen LogP contribution >= 0.6 is 0 Å². The van der Waals surface area contributed by atoms with E-state index < -0.39 is 0 Å². The van der Waals surface area contributed by atoms with Gasteiger partial charge in [-0.15, -0.1) is 0 Å². The highest BCUT2D eigenvalue weighted by molar-refractivity contribution is 5.87. The van der Waals surface area contributed by atoms with Crippen LogP contribution < -0.4 is 0 Å². The third-order valence-electron chi connectivity index (χ3n) is 4.49. The van der Waals surface area contributed by atoms with E-state index in [4.69, 9.17) is 0 Å². The van der Waals surface area contributed by atoms with Crippen LogP contribution in [0.4, 0.5) is 0 Å². The largest absolute Gasteiger partial charge is 0.339 e. The second-order valence-corrected chi connectivity index (χ2v) is 5.60. The number of hydrogen-bond donors (Lipinski definition) is 0. The molecular weight excluding hydrogens is 210 g/mol. The van der Waals surface area contributed by atoms with Crippen LogP contribution in [-0.2, 0) is 4.79 Å². The van der Waals surface area contributed by atoms with Crippen molar-refractivity contribution in [3.05, 3.63) is 24.3 Å². The quantitative estimate of drug-likeness (QED) is 0.530. The van der Waals surface area contributed by atoms with E-state index in [1.807, 2.05) is 11.9 Å². The number of fused-ring (bicyclic) bond motifs is 1. The lowest BCUT2D eigenvalue weighted by molar-refractivity contribution is -0.127. The second kappa shape index (κ2) is 5.07. The molecule has 3 unspecified atom stereocenters. The van der Waals surface area contributed by atoms with Crippen molar-refractivity contribution in [2.75, 3.05) is 7.05 Å². The SMILES string of the molecule is C=CC(=O)N(C)C1CCC2C=C(C)CCC2C1. The van der Waals surface area contributed by atoms with Crippen LogP contribution in [0.3, 0.4) is 0 Å². The van der Waals surface area contributed by atoms with Crippen LogP contribution in [0.15, 0.2) is 24.3 Å². The molecule has 1 saturated carbocycles. The molecule has 0 aromatic rings. The smallest absolute Gasteiger partial charge is 0.245 e. The average molecular weight is 233 g/mol. The van der Waals surface area contributed by atoms with Crippen LogP contribution in [0, 0.1) is 11.8 Å². The minimum atomic E-state index is 0.0657. The van der Waals surface area contributed by atoms with Gasteiger partial charge in [0.15, 0.2) is 0 Å². The van der Waals surface area contributed by atoms with Crippen molar-refractivity contribution in [2.24, 2.45) is 11.8 Å². The molecule has 0 aromatic carbocycles. The normalized spacial score (nSPS) is 32.4. The number of allylic oxidation sites excluding steroid dienone is 2. The fourth-order valence-corrected chi connectivity index (χ4v) is 3.35. The molecule has 3 atom stereocenters. The summed E-state index contributed by atoms with van der Waals surface area (Å²) in [6, 6.07) is 0.425. The van der Waals surface area contributed by atoms with Crippen molar-refractivity contribution in [3.8, 4) is 0 Å². The Morgan fingerprint density at radius 1 is 1.47 bits per heavy atom. The first-order chi connectivity index (χ1) is 8.11. The zero-order valence-corrected chi connectivity index (χ0v) is 11.0. The Bertz CT molecular complexity index is 345. The van der Waals surface area contributed by atoms with Crippen molar-refractivity contribution in [3.63, 3.8) is 0 Å². The summed E-state index contributed by atoms with van der Waals surface area (Å²) in [5, 5.41) is 0. The van der Waals surface area contributed by atoms with E-state index in [9.17, 15) is 4.79 Å². The van der Waals surface area contributed by atoms with Gasteiger partial charge in [0, 0.05) is 13.1 Å². The number of nitrogens with zero attached hydrogens (tertiary/aromatic N) is 1. The number of likely N-dealkylation sites (N-methyl/N-ethyl adjacent to an activating group) is 1. The van der Waals surface area contributed by atoms with Gasteiger partial charge in [-0.05, 0) is 56.9 Å². The number of rotatable bonds is 2. The van der Waals surface area contributed by atoms with Crippen LogP contribution in [0.2, 0.25) is 0 Å². The molecule has 0 saturated heterocycles. The van der Waals surface area contributed by atoms with Gasteiger partial charge in [0.1, 0.15) is 0 Å². The average Bonchev–Trinajstić information content (AvgIpc) is 2.36. The standard InChI is InChI=1S/C15H23NO/c1-4-15(17)16(3)14-8-7-12-9-11(2)5-6-13(12)10-14/h4,9,12-14H,1,5-8,10H2,2-3H3. The molecule has 2 heteroatoms. The highest BCUT2D eigenvalue weighted by atomic mass is 16.2. The van der Waals surface area contributed by atoms with Gasteiger partial charge in [-0.1, -0.05) is 18.2 Å². The molecule has 1 amide bonds. The van der Waals surface area contributed by atoms with Gasteiger partial charge in [-0.2, -0.15) is 0 Å². The summed E-state index contributed by atoms with van der Waals surface area (Å²) >= 11 is 0.